The molecule has 0 aromatic heterocycles. The maximum absolute atomic E-state index is 11.3. The predicted octanol–water partition coefficient (Wildman–Crippen LogP) is 0.628. The van der Waals surface area contributed by atoms with Gasteiger partial charge in [0.25, 0.3) is 0 Å². The van der Waals surface area contributed by atoms with Gasteiger partial charge >= 0.3 is 5.97 Å². The molecule has 4 heteroatoms. The summed E-state index contributed by atoms with van der Waals surface area (Å²) in [6.45, 7) is 11.4. The van der Waals surface area contributed by atoms with E-state index in [2.05, 4.69) is 29.8 Å². The Balaban J connectivity index is 3.69. The fourth-order valence-corrected chi connectivity index (χ4v) is 1.18. The molecule has 0 unspecified atom stereocenters. The first-order valence-electron chi connectivity index (χ1n) is 5.11. The second-order valence-electron chi connectivity index (χ2n) is 3.82. The van der Waals surface area contributed by atoms with Gasteiger partial charge in [0.2, 0.25) is 0 Å². The molecule has 84 valence electrons. The van der Waals surface area contributed by atoms with Gasteiger partial charge < -0.3 is 9.64 Å². The van der Waals surface area contributed by atoms with E-state index < -0.39 is 4.32 Å². The second-order valence-corrected chi connectivity index (χ2v) is 5.80. The van der Waals surface area contributed by atoms with Gasteiger partial charge in [0.15, 0.2) is 0 Å². The number of halogens is 1. The Morgan fingerprint density at radius 1 is 1.36 bits per heavy atom. The summed E-state index contributed by atoms with van der Waals surface area (Å²) in [6.07, 6.45) is 0. The lowest BCUT2D eigenvalue weighted by Gasteiger charge is -2.18. The summed E-state index contributed by atoms with van der Waals surface area (Å²) in [5.41, 5.74) is 0. The SMILES string of the molecule is CC[NH+](CC)CCOC(=O)C(C)(C)Br. The van der Waals surface area contributed by atoms with Crippen molar-refractivity contribution in [3.05, 3.63) is 0 Å². The molecule has 0 aliphatic carbocycles. The Bertz CT molecular complexity index is 173. The molecule has 0 aliphatic heterocycles. The standard InChI is InChI=1S/C10H20BrNO2/c1-5-12(6-2)7-8-14-9(13)10(3,4)11/h5-8H2,1-4H3/p+1. The first-order chi connectivity index (χ1) is 6.41. The molecule has 0 saturated carbocycles. The third-order valence-corrected chi connectivity index (χ3v) is 2.50. The molecular weight excluding hydrogens is 246 g/mol. The van der Waals surface area contributed by atoms with E-state index in [1.807, 2.05) is 0 Å². The van der Waals surface area contributed by atoms with Gasteiger partial charge in [0.05, 0.1) is 13.1 Å². The van der Waals surface area contributed by atoms with Crippen molar-refractivity contribution in [3.8, 4) is 0 Å². The zero-order chi connectivity index (χ0) is 11.2. The lowest BCUT2D eigenvalue weighted by Crippen LogP contribution is -3.11. The van der Waals surface area contributed by atoms with Crippen LogP contribution in [0, 0.1) is 0 Å². The van der Waals surface area contributed by atoms with E-state index in [0.29, 0.717) is 6.61 Å². The van der Waals surface area contributed by atoms with Gasteiger partial charge in [-0.05, 0) is 27.7 Å². The lowest BCUT2D eigenvalue weighted by atomic mass is 10.2. The Morgan fingerprint density at radius 2 is 1.86 bits per heavy atom. The Morgan fingerprint density at radius 3 is 2.21 bits per heavy atom. The van der Waals surface area contributed by atoms with E-state index in [1.165, 1.54) is 4.90 Å². The van der Waals surface area contributed by atoms with Crippen LogP contribution >= 0.6 is 15.9 Å². The van der Waals surface area contributed by atoms with Crippen LogP contribution in [0.2, 0.25) is 0 Å². The molecule has 0 rings (SSSR count). The Hall–Kier alpha value is -0.0900. The molecule has 14 heavy (non-hydrogen) atoms. The van der Waals surface area contributed by atoms with Crippen molar-refractivity contribution in [2.24, 2.45) is 0 Å². The van der Waals surface area contributed by atoms with Gasteiger partial charge in [-0.2, -0.15) is 0 Å². The molecule has 0 aliphatic rings. The molecule has 3 nitrogen and oxygen atoms in total. The fraction of sp³-hybridized carbons (Fsp3) is 0.900. The number of rotatable bonds is 6. The predicted molar refractivity (Wildman–Crippen MR) is 60.9 cm³/mol. The fourth-order valence-electron chi connectivity index (χ4n) is 1.06. The minimum absolute atomic E-state index is 0.191. The molecule has 1 N–H and O–H groups in total. The van der Waals surface area contributed by atoms with Gasteiger partial charge in [-0.1, -0.05) is 15.9 Å². The summed E-state index contributed by atoms with van der Waals surface area (Å²) >= 11 is 3.26. The van der Waals surface area contributed by atoms with Crippen molar-refractivity contribution in [2.45, 2.75) is 32.0 Å². The number of alkyl halides is 1. The van der Waals surface area contributed by atoms with Gasteiger partial charge in [-0.3, -0.25) is 4.79 Å². The van der Waals surface area contributed by atoms with Crippen molar-refractivity contribution < 1.29 is 14.4 Å². The minimum atomic E-state index is -0.564. The smallest absolute Gasteiger partial charge is 0.322 e. The molecular formula is C10H21BrNO2+. The van der Waals surface area contributed by atoms with Gasteiger partial charge in [0.1, 0.15) is 17.5 Å². The monoisotopic (exact) mass is 266 g/mol. The number of esters is 1. The molecule has 0 aromatic rings. The summed E-state index contributed by atoms with van der Waals surface area (Å²) < 4.78 is 4.57. The minimum Gasteiger partial charge on any atom is -0.459 e. The third kappa shape index (κ3) is 5.60. The largest absolute Gasteiger partial charge is 0.459 e. The van der Waals surface area contributed by atoms with E-state index in [1.54, 1.807) is 13.8 Å². The molecule has 0 heterocycles. The number of quaternary nitrogens is 1. The van der Waals surface area contributed by atoms with Crippen LogP contribution in [-0.2, 0) is 9.53 Å². The van der Waals surface area contributed by atoms with Crippen LogP contribution in [-0.4, -0.2) is 36.5 Å². The summed E-state index contributed by atoms with van der Waals surface area (Å²) in [6, 6.07) is 0. The normalized spacial score (nSPS) is 11.9. The van der Waals surface area contributed by atoms with E-state index in [-0.39, 0.29) is 5.97 Å². The maximum atomic E-state index is 11.3. The molecule has 0 fully saturated rings. The van der Waals surface area contributed by atoms with Crippen LogP contribution in [0.15, 0.2) is 0 Å². The zero-order valence-corrected chi connectivity index (χ0v) is 11.1. The number of likely N-dealkylation sites (N-methyl/N-ethyl adjacent to an activating group) is 1. The molecule has 0 aromatic carbocycles. The number of carbonyl (C=O) groups excluding carboxylic acids is 1. The van der Waals surface area contributed by atoms with Crippen LogP contribution in [0.5, 0.6) is 0 Å². The first kappa shape index (κ1) is 13.9. The van der Waals surface area contributed by atoms with Crippen LogP contribution in [0.3, 0.4) is 0 Å². The van der Waals surface area contributed by atoms with Crippen molar-refractivity contribution in [3.63, 3.8) is 0 Å². The van der Waals surface area contributed by atoms with E-state index in [4.69, 9.17) is 4.74 Å². The van der Waals surface area contributed by atoms with E-state index in [9.17, 15) is 4.79 Å². The quantitative estimate of drug-likeness (QED) is 0.565. The summed E-state index contributed by atoms with van der Waals surface area (Å²) in [4.78, 5) is 12.8. The van der Waals surface area contributed by atoms with Crippen LogP contribution in [0.4, 0.5) is 0 Å². The topological polar surface area (TPSA) is 30.7 Å². The highest BCUT2D eigenvalue weighted by Crippen LogP contribution is 2.16. The number of hydrogen-bond donors (Lipinski definition) is 1. The highest BCUT2D eigenvalue weighted by atomic mass is 79.9. The lowest BCUT2D eigenvalue weighted by molar-refractivity contribution is -0.896. The van der Waals surface area contributed by atoms with Crippen LogP contribution in [0.25, 0.3) is 0 Å². The molecule has 0 atom stereocenters. The molecule has 0 radical (unpaired) electrons. The van der Waals surface area contributed by atoms with Crippen molar-refractivity contribution in [1.29, 1.82) is 0 Å². The number of nitrogens with one attached hydrogen (secondary N) is 1. The summed E-state index contributed by atoms with van der Waals surface area (Å²) in [7, 11) is 0. The number of ether oxygens (including phenoxy) is 1. The van der Waals surface area contributed by atoms with Gasteiger partial charge in [0, 0.05) is 0 Å². The van der Waals surface area contributed by atoms with Crippen LogP contribution < -0.4 is 4.90 Å². The summed E-state index contributed by atoms with van der Waals surface area (Å²) in [5, 5.41) is 0. The highest BCUT2D eigenvalue weighted by molar-refractivity contribution is 9.10. The van der Waals surface area contributed by atoms with E-state index in [0.717, 1.165) is 19.6 Å². The molecule has 0 bridgehead atoms. The van der Waals surface area contributed by atoms with E-state index >= 15 is 0 Å². The van der Waals surface area contributed by atoms with Crippen molar-refractivity contribution in [2.75, 3.05) is 26.2 Å². The average Bonchev–Trinajstić information content (AvgIpc) is 2.10. The van der Waals surface area contributed by atoms with Crippen molar-refractivity contribution in [1.82, 2.24) is 0 Å². The molecule has 0 spiro atoms. The highest BCUT2D eigenvalue weighted by Gasteiger charge is 2.25. The second kappa shape index (κ2) is 6.40. The third-order valence-electron chi connectivity index (χ3n) is 2.17. The number of hydrogen-bond acceptors (Lipinski definition) is 2. The molecule has 0 amide bonds. The average molecular weight is 267 g/mol. The van der Waals surface area contributed by atoms with Gasteiger partial charge in [-0.25, -0.2) is 0 Å². The van der Waals surface area contributed by atoms with Crippen LogP contribution in [0.1, 0.15) is 27.7 Å². The zero-order valence-electron chi connectivity index (χ0n) is 9.52. The molecule has 0 saturated heterocycles. The Kier molecular flexibility index (Phi) is 6.36. The van der Waals surface area contributed by atoms with Crippen molar-refractivity contribution >= 4 is 21.9 Å². The Labute approximate surface area is 94.9 Å². The van der Waals surface area contributed by atoms with Gasteiger partial charge in [-0.15, -0.1) is 0 Å². The summed E-state index contributed by atoms with van der Waals surface area (Å²) in [5.74, 6) is -0.191. The maximum Gasteiger partial charge on any atom is 0.322 e. The first-order valence-corrected chi connectivity index (χ1v) is 5.90. The number of carbonyl (C=O) groups is 1.